The van der Waals surface area contributed by atoms with E-state index < -0.39 is 0 Å². The van der Waals surface area contributed by atoms with Crippen LogP contribution in [0.2, 0.25) is 5.04 Å². The van der Waals surface area contributed by atoms with Gasteiger partial charge in [0, 0.05) is 10.2 Å². The highest BCUT2D eigenvalue weighted by Gasteiger charge is 2.07. The number of hydrogen-bond acceptors (Lipinski definition) is 1. The zero-order valence-corrected chi connectivity index (χ0v) is 8.91. The Labute approximate surface area is 61.4 Å². The smallest absolute Gasteiger partial charge is 0.00994 e. The third kappa shape index (κ3) is 8.18. The van der Waals surface area contributed by atoms with Gasteiger partial charge in [0.1, 0.15) is 0 Å². The maximum Gasteiger partial charge on any atom is 0.00994 e. The van der Waals surface area contributed by atoms with E-state index >= 15 is 0 Å². The predicted octanol–water partition coefficient (Wildman–Crippen LogP) is 0.679. The van der Waals surface area contributed by atoms with Gasteiger partial charge in [-0.15, -0.1) is 0 Å². The second-order valence-electron chi connectivity index (χ2n) is 3.81. The summed E-state index contributed by atoms with van der Waals surface area (Å²) in [4.78, 5) is 0. The summed E-state index contributed by atoms with van der Waals surface area (Å²) in [6, 6.07) is 0. The second-order valence-corrected chi connectivity index (χ2v) is 6.51. The monoisotopic (exact) mass is 145 g/mol. The molecule has 2 N–H and O–H groups in total. The zero-order valence-electron chi connectivity index (χ0n) is 6.91. The highest BCUT2D eigenvalue weighted by molar-refractivity contribution is 6.14. The van der Waals surface area contributed by atoms with Crippen molar-refractivity contribution in [3.8, 4) is 0 Å². The molecule has 9 heavy (non-hydrogen) atoms. The van der Waals surface area contributed by atoms with Gasteiger partial charge < -0.3 is 5.73 Å². The number of nitrogens with two attached hydrogens (primary N) is 1. The number of rotatable bonds is 4. The number of hydrogen-bond donors (Lipinski definition) is 1. The van der Waals surface area contributed by atoms with Gasteiger partial charge in [-0.25, -0.2) is 0 Å². The fraction of sp³-hybridized carbons (Fsp3) is 1.00. The Morgan fingerprint density at radius 2 is 1.89 bits per heavy atom. The van der Waals surface area contributed by atoms with Gasteiger partial charge in [-0.3, -0.25) is 0 Å². The molecule has 0 rings (SSSR count). The molecule has 0 amide bonds. The van der Waals surface area contributed by atoms with Crippen molar-refractivity contribution in [2.45, 2.75) is 38.1 Å². The van der Waals surface area contributed by atoms with Gasteiger partial charge in [0.05, 0.1) is 0 Å². The minimum atomic E-state index is 0.634. The molecule has 0 aromatic carbocycles. The second kappa shape index (κ2) is 4.07. The summed E-state index contributed by atoms with van der Waals surface area (Å²) in [5, 5.41) is 0.634. The van der Waals surface area contributed by atoms with Gasteiger partial charge in [0.15, 0.2) is 0 Å². The van der Waals surface area contributed by atoms with Crippen LogP contribution < -0.4 is 5.73 Å². The van der Waals surface area contributed by atoms with Gasteiger partial charge in [-0.05, 0) is 18.0 Å². The first-order valence-corrected chi connectivity index (χ1v) is 4.76. The van der Waals surface area contributed by atoms with Gasteiger partial charge in [-0.2, -0.15) is 0 Å². The fourth-order valence-electron chi connectivity index (χ4n) is 0.800. The molecule has 0 atom stereocenters. The lowest BCUT2D eigenvalue weighted by atomic mass is 10.1. The van der Waals surface area contributed by atoms with Gasteiger partial charge >= 0.3 is 0 Å². The van der Waals surface area contributed by atoms with Crippen LogP contribution in [0.15, 0.2) is 0 Å². The number of unbranched alkanes of at least 4 members (excludes halogenated alkanes) is 1. The van der Waals surface area contributed by atoms with Crippen LogP contribution >= 0.6 is 0 Å². The molecule has 0 aliphatic rings. The molecule has 2 heteroatoms. The Hall–Kier alpha value is 0.177. The van der Waals surface area contributed by atoms with E-state index in [1.807, 2.05) is 0 Å². The lowest BCUT2D eigenvalue weighted by Gasteiger charge is -2.16. The summed E-state index contributed by atoms with van der Waals surface area (Å²) in [6.45, 7) is 5.52. The Morgan fingerprint density at radius 3 is 2.22 bits per heavy atom. The molecule has 0 bridgehead atoms. The predicted molar refractivity (Wildman–Crippen MR) is 46.9 cm³/mol. The molecule has 56 valence electrons. The first kappa shape index (κ1) is 9.18. The van der Waals surface area contributed by atoms with Crippen molar-refractivity contribution < 1.29 is 0 Å². The van der Waals surface area contributed by atoms with Crippen LogP contribution in [0.5, 0.6) is 0 Å². The van der Waals surface area contributed by atoms with Crippen molar-refractivity contribution in [1.29, 1.82) is 0 Å². The quantitative estimate of drug-likeness (QED) is 0.457. The van der Waals surface area contributed by atoms with Crippen molar-refractivity contribution in [2.24, 2.45) is 5.73 Å². The van der Waals surface area contributed by atoms with Crippen molar-refractivity contribution in [3.05, 3.63) is 0 Å². The van der Waals surface area contributed by atoms with Crippen LogP contribution in [-0.2, 0) is 0 Å². The molecule has 0 fully saturated rings. The van der Waals surface area contributed by atoms with E-state index in [0.29, 0.717) is 5.04 Å². The van der Waals surface area contributed by atoms with E-state index in [0.717, 1.165) is 6.54 Å². The SMILES string of the molecule is CC(C)([SiH3])CCCCN. The van der Waals surface area contributed by atoms with E-state index in [4.69, 9.17) is 5.73 Å². The van der Waals surface area contributed by atoms with E-state index in [-0.39, 0.29) is 0 Å². The average Bonchev–Trinajstić information content (AvgIpc) is 1.63. The first-order valence-electron chi connectivity index (χ1n) is 3.76. The highest BCUT2D eigenvalue weighted by Crippen LogP contribution is 2.25. The van der Waals surface area contributed by atoms with Crippen LogP contribution in [0.25, 0.3) is 0 Å². The molecule has 0 aromatic rings. The van der Waals surface area contributed by atoms with E-state index in [9.17, 15) is 0 Å². The van der Waals surface area contributed by atoms with Gasteiger partial charge in [-0.1, -0.05) is 26.7 Å². The molecular formula is C7H19NSi. The molecule has 0 unspecified atom stereocenters. The van der Waals surface area contributed by atoms with Gasteiger partial charge in [0.2, 0.25) is 0 Å². The van der Waals surface area contributed by atoms with E-state index in [2.05, 4.69) is 13.8 Å². The summed E-state index contributed by atoms with van der Waals surface area (Å²) < 4.78 is 0. The van der Waals surface area contributed by atoms with Crippen LogP contribution in [0.1, 0.15) is 33.1 Å². The van der Waals surface area contributed by atoms with Crippen molar-refractivity contribution in [2.75, 3.05) is 6.54 Å². The first-order chi connectivity index (χ1) is 4.06. The zero-order chi connectivity index (χ0) is 7.33. The van der Waals surface area contributed by atoms with E-state index in [1.165, 1.54) is 29.5 Å². The van der Waals surface area contributed by atoms with Crippen LogP contribution in [0.4, 0.5) is 0 Å². The van der Waals surface area contributed by atoms with Gasteiger partial charge in [0.25, 0.3) is 0 Å². The summed E-state index contributed by atoms with van der Waals surface area (Å²) in [6.07, 6.45) is 3.87. The topological polar surface area (TPSA) is 26.0 Å². The lowest BCUT2D eigenvalue weighted by molar-refractivity contribution is 0.562. The fourth-order valence-corrected chi connectivity index (χ4v) is 1.15. The molecule has 0 saturated heterocycles. The molecule has 0 radical (unpaired) electrons. The third-order valence-corrected chi connectivity index (χ3v) is 1.88. The summed E-state index contributed by atoms with van der Waals surface area (Å²) >= 11 is 0. The Morgan fingerprint density at radius 1 is 1.33 bits per heavy atom. The Balaban J connectivity index is 3.07. The molecule has 0 aliphatic carbocycles. The largest absolute Gasteiger partial charge is 0.330 e. The Kier molecular flexibility index (Phi) is 4.15. The van der Waals surface area contributed by atoms with Crippen LogP contribution in [-0.4, -0.2) is 16.8 Å². The minimum absolute atomic E-state index is 0.634. The summed E-state index contributed by atoms with van der Waals surface area (Å²) in [5.74, 6) is 0. The van der Waals surface area contributed by atoms with Crippen molar-refractivity contribution >= 4 is 10.2 Å². The maximum absolute atomic E-state index is 5.37. The molecule has 1 nitrogen and oxygen atoms in total. The maximum atomic E-state index is 5.37. The van der Waals surface area contributed by atoms with Crippen molar-refractivity contribution in [1.82, 2.24) is 0 Å². The van der Waals surface area contributed by atoms with Crippen molar-refractivity contribution in [3.63, 3.8) is 0 Å². The minimum Gasteiger partial charge on any atom is -0.330 e. The summed E-state index contributed by atoms with van der Waals surface area (Å²) in [7, 11) is 1.30. The lowest BCUT2D eigenvalue weighted by Crippen LogP contribution is -2.04. The summed E-state index contributed by atoms with van der Waals surface area (Å²) in [5.41, 5.74) is 5.37. The normalized spacial score (nSPS) is 12.3. The van der Waals surface area contributed by atoms with E-state index in [1.54, 1.807) is 0 Å². The third-order valence-electron chi connectivity index (χ3n) is 1.38. The Bertz CT molecular complexity index is 65.8. The molecular weight excluding hydrogens is 126 g/mol. The van der Waals surface area contributed by atoms with Crippen LogP contribution in [0, 0.1) is 0 Å². The average molecular weight is 145 g/mol. The molecule has 0 aromatic heterocycles. The molecule has 0 saturated carbocycles. The molecule has 0 heterocycles. The molecule has 0 aliphatic heterocycles. The highest BCUT2D eigenvalue weighted by atomic mass is 28.1. The molecule has 0 spiro atoms. The standard InChI is InChI=1S/C7H19NSi/c1-7(2,9)5-3-4-6-8/h3-6,8H2,1-2,9H3. The van der Waals surface area contributed by atoms with Crippen LogP contribution in [0.3, 0.4) is 0 Å².